The number of benzene rings is 1. The van der Waals surface area contributed by atoms with Crippen molar-refractivity contribution in [3.63, 3.8) is 0 Å². The van der Waals surface area contributed by atoms with Gasteiger partial charge in [0.25, 0.3) is 0 Å². The molecule has 104 valence electrons. The summed E-state index contributed by atoms with van der Waals surface area (Å²) in [6.45, 7) is 4.22. The Morgan fingerprint density at radius 2 is 2.37 bits per heavy atom. The topological polar surface area (TPSA) is 52.6 Å². The smallest absolute Gasteiger partial charge is 0.317 e. The summed E-state index contributed by atoms with van der Waals surface area (Å²) in [7, 11) is 0. The van der Waals surface area contributed by atoms with E-state index in [0.717, 1.165) is 24.9 Å². The third-order valence-corrected chi connectivity index (χ3v) is 3.59. The average molecular weight is 262 g/mol. The Morgan fingerprint density at radius 3 is 3.11 bits per heavy atom. The van der Waals surface area contributed by atoms with Gasteiger partial charge in [-0.15, -0.1) is 0 Å². The number of urea groups is 1. The molecule has 2 amide bonds. The molecule has 4 heteroatoms. The number of hydrogen-bond acceptors (Lipinski definition) is 2. The molecule has 0 radical (unpaired) electrons. The first-order valence-corrected chi connectivity index (χ1v) is 6.88. The number of piperidine rings is 1. The third-order valence-electron chi connectivity index (χ3n) is 3.59. The molecule has 1 saturated heterocycles. The summed E-state index contributed by atoms with van der Waals surface area (Å²) in [5, 5.41) is 12.1. The summed E-state index contributed by atoms with van der Waals surface area (Å²) in [4.78, 5) is 13.9. The molecule has 1 unspecified atom stereocenters. The fraction of sp³-hybridized carbons (Fsp3) is 0.533. The Kier molecular flexibility index (Phi) is 4.80. The van der Waals surface area contributed by atoms with E-state index in [1.807, 2.05) is 25.1 Å². The van der Waals surface area contributed by atoms with Crippen LogP contribution >= 0.6 is 0 Å². The first kappa shape index (κ1) is 13.9. The van der Waals surface area contributed by atoms with Crippen LogP contribution in [-0.4, -0.2) is 35.7 Å². The van der Waals surface area contributed by atoms with E-state index < -0.39 is 0 Å². The molecule has 0 spiro atoms. The number of nitrogens with one attached hydrogen (secondary N) is 1. The van der Waals surface area contributed by atoms with Crippen LogP contribution in [0.1, 0.15) is 24.0 Å². The third kappa shape index (κ3) is 3.96. The fourth-order valence-corrected chi connectivity index (χ4v) is 2.51. The zero-order chi connectivity index (χ0) is 13.7. The summed E-state index contributed by atoms with van der Waals surface area (Å²) in [5.74, 6) is 0.235. The highest BCUT2D eigenvalue weighted by Gasteiger charge is 2.22. The SMILES string of the molecule is Cc1cccc(CNC(=O)N2CCCC(CO)C2)c1. The highest BCUT2D eigenvalue weighted by Crippen LogP contribution is 2.15. The lowest BCUT2D eigenvalue weighted by Gasteiger charge is -2.31. The molecule has 4 nitrogen and oxygen atoms in total. The van der Waals surface area contributed by atoms with E-state index in [1.54, 1.807) is 4.90 Å². The minimum atomic E-state index is -0.0281. The van der Waals surface area contributed by atoms with Crippen LogP contribution in [0.5, 0.6) is 0 Å². The number of likely N-dealkylation sites (tertiary alicyclic amines) is 1. The molecule has 1 atom stereocenters. The maximum Gasteiger partial charge on any atom is 0.317 e. The monoisotopic (exact) mass is 262 g/mol. The molecule has 0 aromatic heterocycles. The van der Waals surface area contributed by atoms with Crippen LogP contribution in [0.15, 0.2) is 24.3 Å². The fourth-order valence-electron chi connectivity index (χ4n) is 2.51. The average Bonchev–Trinajstić information content (AvgIpc) is 2.45. The predicted octanol–water partition coefficient (Wildman–Crippen LogP) is 1.91. The van der Waals surface area contributed by atoms with E-state index in [2.05, 4.69) is 11.4 Å². The number of amides is 2. The first-order valence-electron chi connectivity index (χ1n) is 6.88. The number of aliphatic hydroxyl groups excluding tert-OH is 1. The first-order chi connectivity index (χ1) is 9.19. The van der Waals surface area contributed by atoms with Crippen LogP contribution in [0.2, 0.25) is 0 Å². The lowest BCUT2D eigenvalue weighted by atomic mass is 9.99. The number of hydrogen-bond donors (Lipinski definition) is 2. The Bertz CT molecular complexity index is 434. The van der Waals surface area contributed by atoms with Gasteiger partial charge in [-0.1, -0.05) is 29.8 Å². The van der Waals surface area contributed by atoms with Crippen molar-refractivity contribution in [2.45, 2.75) is 26.3 Å². The number of aliphatic hydroxyl groups is 1. The van der Waals surface area contributed by atoms with Crippen LogP contribution < -0.4 is 5.32 Å². The number of rotatable bonds is 3. The molecule has 1 aromatic rings. The number of carbonyl (C=O) groups is 1. The molecule has 2 rings (SSSR count). The van der Waals surface area contributed by atoms with Gasteiger partial charge < -0.3 is 15.3 Å². The van der Waals surface area contributed by atoms with Crippen molar-refractivity contribution in [2.75, 3.05) is 19.7 Å². The van der Waals surface area contributed by atoms with Gasteiger partial charge >= 0.3 is 6.03 Å². The van der Waals surface area contributed by atoms with Gasteiger partial charge in [0, 0.05) is 26.2 Å². The Labute approximate surface area is 114 Å². The molecule has 1 aliphatic heterocycles. The van der Waals surface area contributed by atoms with Crippen molar-refractivity contribution in [1.82, 2.24) is 10.2 Å². The number of nitrogens with zero attached hydrogens (tertiary/aromatic N) is 1. The highest BCUT2D eigenvalue weighted by atomic mass is 16.3. The molecule has 1 aromatic carbocycles. The van der Waals surface area contributed by atoms with Crippen molar-refractivity contribution in [3.05, 3.63) is 35.4 Å². The van der Waals surface area contributed by atoms with Crippen LogP contribution in [0.25, 0.3) is 0 Å². The Hall–Kier alpha value is -1.55. The molecule has 2 N–H and O–H groups in total. The molecule has 1 fully saturated rings. The van der Waals surface area contributed by atoms with Crippen molar-refractivity contribution in [3.8, 4) is 0 Å². The molecular formula is C15H22N2O2. The summed E-state index contributed by atoms with van der Waals surface area (Å²) in [6.07, 6.45) is 1.99. The second-order valence-electron chi connectivity index (χ2n) is 5.28. The van der Waals surface area contributed by atoms with E-state index in [9.17, 15) is 9.90 Å². The van der Waals surface area contributed by atoms with Gasteiger partial charge in [-0.2, -0.15) is 0 Å². The van der Waals surface area contributed by atoms with Gasteiger partial charge in [0.05, 0.1) is 0 Å². The molecule has 0 aliphatic carbocycles. The van der Waals surface area contributed by atoms with Gasteiger partial charge in [0.2, 0.25) is 0 Å². The zero-order valence-electron chi connectivity index (χ0n) is 11.4. The largest absolute Gasteiger partial charge is 0.396 e. The van der Waals surface area contributed by atoms with Crippen molar-refractivity contribution in [2.24, 2.45) is 5.92 Å². The molecule has 19 heavy (non-hydrogen) atoms. The van der Waals surface area contributed by atoms with Gasteiger partial charge in [0.1, 0.15) is 0 Å². The van der Waals surface area contributed by atoms with Crippen molar-refractivity contribution < 1.29 is 9.90 Å². The Morgan fingerprint density at radius 1 is 1.53 bits per heavy atom. The Balaban J connectivity index is 1.84. The molecule has 1 heterocycles. The molecule has 0 saturated carbocycles. The summed E-state index contributed by atoms with van der Waals surface area (Å²) in [5.41, 5.74) is 2.31. The summed E-state index contributed by atoms with van der Waals surface area (Å²) < 4.78 is 0. The maximum absolute atomic E-state index is 12.1. The lowest BCUT2D eigenvalue weighted by molar-refractivity contribution is 0.129. The van der Waals surface area contributed by atoms with E-state index >= 15 is 0 Å². The molecule has 1 aliphatic rings. The van der Waals surface area contributed by atoms with Crippen LogP contribution in [0.3, 0.4) is 0 Å². The standard InChI is InChI=1S/C15H22N2O2/c1-12-4-2-5-13(8-12)9-16-15(19)17-7-3-6-14(10-17)11-18/h2,4-5,8,14,18H,3,6-7,9-11H2,1H3,(H,16,19). The van der Waals surface area contributed by atoms with E-state index in [-0.39, 0.29) is 18.6 Å². The molecular weight excluding hydrogens is 240 g/mol. The van der Waals surface area contributed by atoms with E-state index in [1.165, 1.54) is 5.56 Å². The van der Waals surface area contributed by atoms with Gasteiger partial charge in [-0.25, -0.2) is 4.79 Å². The van der Waals surface area contributed by atoms with Crippen LogP contribution in [0, 0.1) is 12.8 Å². The van der Waals surface area contributed by atoms with Gasteiger partial charge in [0.15, 0.2) is 0 Å². The minimum Gasteiger partial charge on any atom is -0.396 e. The van der Waals surface area contributed by atoms with Gasteiger partial charge in [-0.3, -0.25) is 0 Å². The second-order valence-corrected chi connectivity index (χ2v) is 5.28. The second kappa shape index (κ2) is 6.57. The highest BCUT2D eigenvalue weighted by molar-refractivity contribution is 5.74. The van der Waals surface area contributed by atoms with Crippen molar-refractivity contribution >= 4 is 6.03 Å². The summed E-state index contributed by atoms with van der Waals surface area (Å²) in [6, 6.07) is 8.11. The quantitative estimate of drug-likeness (QED) is 0.874. The summed E-state index contributed by atoms with van der Waals surface area (Å²) >= 11 is 0. The van der Waals surface area contributed by atoms with Crippen molar-refractivity contribution in [1.29, 1.82) is 0 Å². The zero-order valence-corrected chi connectivity index (χ0v) is 11.4. The predicted molar refractivity (Wildman–Crippen MR) is 74.8 cm³/mol. The number of aryl methyl sites for hydroxylation is 1. The normalized spacial score (nSPS) is 19.3. The van der Waals surface area contributed by atoms with Crippen LogP contribution in [-0.2, 0) is 6.54 Å². The van der Waals surface area contributed by atoms with E-state index in [4.69, 9.17) is 0 Å². The maximum atomic E-state index is 12.1. The van der Waals surface area contributed by atoms with Crippen LogP contribution in [0.4, 0.5) is 4.79 Å². The number of carbonyl (C=O) groups excluding carboxylic acids is 1. The minimum absolute atomic E-state index is 0.0281. The molecule has 0 bridgehead atoms. The van der Waals surface area contributed by atoms with Gasteiger partial charge in [-0.05, 0) is 31.2 Å². The van der Waals surface area contributed by atoms with E-state index in [0.29, 0.717) is 13.1 Å². The lowest BCUT2D eigenvalue weighted by Crippen LogP contribution is -2.45.